The molecule has 1 aromatic rings. The van der Waals surface area contributed by atoms with E-state index in [0.717, 1.165) is 24.2 Å². The zero-order chi connectivity index (χ0) is 19.9. The van der Waals surface area contributed by atoms with Crippen LogP contribution in [-0.4, -0.2) is 12.4 Å². The van der Waals surface area contributed by atoms with E-state index in [1.165, 1.54) is 22.3 Å². The third-order valence-corrected chi connectivity index (χ3v) is 5.43. The molecule has 0 spiro atoms. The number of hydrogen-bond donors (Lipinski definition) is 0. The fraction of sp³-hybridized carbons (Fsp3) is 0.308. The molecule has 2 aliphatic rings. The maximum Gasteiger partial charge on any atom is 0.0872 e. The molecule has 1 aliphatic carbocycles. The number of aliphatic imine (C=N–C) groups is 2. The van der Waals surface area contributed by atoms with Crippen LogP contribution in [0.25, 0.3) is 0 Å². The molecule has 1 aromatic carbocycles. The highest BCUT2D eigenvalue weighted by molar-refractivity contribution is 5.76. The molecule has 0 radical (unpaired) electrons. The summed E-state index contributed by atoms with van der Waals surface area (Å²) in [6, 6.07) is 10.7. The molecule has 2 unspecified atom stereocenters. The van der Waals surface area contributed by atoms with Gasteiger partial charge in [0.2, 0.25) is 0 Å². The summed E-state index contributed by atoms with van der Waals surface area (Å²) in [6.45, 7) is 8.52. The van der Waals surface area contributed by atoms with Gasteiger partial charge < -0.3 is 0 Å². The first-order valence-corrected chi connectivity index (χ1v) is 10.2. The molecule has 1 aliphatic heterocycles. The van der Waals surface area contributed by atoms with Crippen LogP contribution in [-0.2, 0) is 0 Å². The zero-order valence-electron chi connectivity index (χ0n) is 17.4. The first-order chi connectivity index (χ1) is 13.6. The monoisotopic (exact) mass is 370 g/mol. The van der Waals surface area contributed by atoms with E-state index in [9.17, 15) is 0 Å². The Hall–Kier alpha value is -2.74. The van der Waals surface area contributed by atoms with E-state index in [0.29, 0.717) is 11.8 Å². The van der Waals surface area contributed by atoms with Gasteiger partial charge >= 0.3 is 0 Å². The second-order valence-corrected chi connectivity index (χ2v) is 7.47. The zero-order valence-corrected chi connectivity index (χ0v) is 17.4. The Kier molecular flexibility index (Phi) is 6.76. The van der Waals surface area contributed by atoms with Gasteiger partial charge in [0.1, 0.15) is 0 Å². The first kappa shape index (κ1) is 20.0. The highest BCUT2D eigenvalue weighted by atomic mass is 14.8. The molecule has 0 saturated heterocycles. The molecule has 0 N–H and O–H groups in total. The molecule has 1 heterocycles. The normalized spacial score (nSPS) is 26.1. The average Bonchev–Trinajstić information content (AvgIpc) is 2.74. The summed E-state index contributed by atoms with van der Waals surface area (Å²) in [7, 11) is 0. The van der Waals surface area contributed by atoms with Gasteiger partial charge in [-0.3, -0.25) is 9.98 Å². The van der Waals surface area contributed by atoms with Crippen molar-refractivity contribution in [2.24, 2.45) is 15.9 Å². The van der Waals surface area contributed by atoms with Gasteiger partial charge in [0.15, 0.2) is 0 Å². The van der Waals surface area contributed by atoms with Crippen LogP contribution in [0.2, 0.25) is 0 Å². The van der Waals surface area contributed by atoms with Crippen LogP contribution in [0.4, 0.5) is 0 Å². The molecule has 3 rings (SSSR count). The van der Waals surface area contributed by atoms with E-state index in [-0.39, 0.29) is 0 Å². The second-order valence-electron chi connectivity index (χ2n) is 7.47. The maximum absolute atomic E-state index is 4.76. The standard InChI is InChI=1S/C26H30N2/c1-5-24-25(23-14-10-7-11-15-23)20(3)18-28-26(24)21(4)27-17-16-19(2)22-12-8-6-9-13-22/h5,7-8,10-18,20,25H,6,9H2,1-4H3/b19-16+,24-5-,26-21-,27-17-. The van der Waals surface area contributed by atoms with Gasteiger partial charge in [0.25, 0.3) is 0 Å². The van der Waals surface area contributed by atoms with Crippen molar-refractivity contribution in [3.8, 4) is 0 Å². The van der Waals surface area contributed by atoms with E-state index in [2.05, 4.69) is 87.7 Å². The highest BCUT2D eigenvalue weighted by Gasteiger charge is 2.28. The van der Waals surface area contributed by atoms with Crippen LogP contribution in [0.1, 0.15) is 52.0 Å². The summed E-state index contributed by atoms with van der Waals surface area (Å²) in [4.78, 5) is 9.46. The van der Waals surface area contributed by atoms with Crippen molar-refractivity contribution < 1.29 is 0 Å². The summed E-state index contributed by atoms with van der Waals surface area (Å²) >= 11 is 0. The third kappa shape index (κ3) is 4.56. The molecule has 2 heteroatoms. The Morgan fingerprint density at radius 2 is 1.93 bits per heavy atom. The van der Waals surface area contributed by atoms with Gasteiger partial charge in [0.05, 0.1) is 11.4 Å². The number of allylic oxidation sites excluding steroid dienone is 9. The lowest BCUT2D eigenvalue weighted by atomic mass is 9.78. The predicted octanol–water partition coefficient (Wildman–Crippen LogP) is 6.96. The van der Waals surface area contributed by atoms with Gasteiger partial charge in [-0.1, -0.05) is 61.6 Å². The molecule has 0 saturated carbocycles. The third-order valence-electron chi connectivity index (χ3n) is 5.43. The predicted molar refractivity (Wildman–Crippen MR) is 122 cm³/mol. The molecule has 2 nitrogen and oxygen atoms in total. The summed E-state index contributed by atoms with van der Waals surface area (Å²) in [5.74, 6) is 0.681. The van der Waals surface area contributed by atoms with Crippen LogP contribution < -0.4 is 0 Å². The Labute approximate surface area is 169 Å². The van der Waals surface area contributed by atoms with Crippen molar-refractivity contribution in [2.75, 3.05) is 0 Å². The van der Waals surface area contributed by atoms with E-state index >= 15 is 0 Å². The second kappa shape index (κ2) is 9.45. The van der Waals surface area contributed by atoms with Crippen molar-refractivity contribution in [2.45, 2.75) is 46.5 Å². The minimum absolute atomic E-state index is 0.318. The van der Waals surface area contributed by atoms with Crippen molar-refractivity contribution in [3.05, 3.63) is 94.4 Å². The first-order valence-electron chi connectivity index (χ1n) is 10.2. The molecule has 144 valence electrons. The number of benzene rings is 1. The molecular weight excluding hydrogens is 340 g/mol. The van der Waals surface area contributed by atoms with Crippen molar-refractivity contribution >= 4 is 12.4 Å². The molecule has 2 atom stereocenters. The van der Waals surface area contributed by atoms with E-state index < -0.39 is 0 Å². The van der Waals surface area contributed by atoms with Gasteiger partial charge in [0, 0.05) is 24.3 Å². The Balaban J connectivity index is 1.87. The molecule has 0 bridgehead atoms. The smallest absolute Gasteiger partial charge is 0.0872 e. The number of hydrogen-bond acceptors (Lipinski definition) is 2. The lowest BCUT2D eigenvalue weighted by molar-refractivity contribution is 0.643. The van der Waals surface area contributed by atoms with Gasteiger partial charge in [-0.05, 0) is 62.0 Å². The minimum atomic E-state index is 0.318. The quantitative estimate of drug-likeness (QED) is 0.512. The summed E-state index contributed by atoms with van der Waals surface area (Å²) < 4.78 is 0. The summed E-state index contributed by atoms with van der Waals surface area (Å²) in [5, 5.41) is 0. The fourth-order valence-electron chi connectivity index (χ4n) is 3.87. The number of nitrogens with zero attached hydrogens (tertiary/aromatic N) is 2. The van der Waals surface area contributed by atoms with Crippen LogP contribution in [0, 0.1) is 5.92 Å². The van der Waals surface area contributed by atoms with Crippen molar-refractivity contribution in [1.29, 1.82) is 0 Å². The van der Waals surface area contributed by atoms with Crippen LogP contribution in [0.3, 0.4) is 0 Å². The Morgan fingerprint density at radius 1 is 1.14 bits per heavy atom. The molecular formula is C26H30N2. The lowest BCUT2D eigenvalue weighted by Crippen LogP contribution is -2.19. The van der Waals surface area contributed by atoms with Gasteiger partial charge in [-0.25, -0.2) is 0 Å². The average molecular weight is 371 g/mol. The van der Waals surface area contributed by atoms with Crippen LogP contribution in [0.5, 0.6) is 0 Å². The SMILES string of the molecule is C\C=C1/C(=C(C)/N=C\C=C(/C)C2=CCCC=C2)N=CC(C)C1c1ccccc1. The Bertz CT molecular complexity index is 905. The molecule has 0 aromatic heterocycles. The molecule has 0 amide bonds. The van der Waals surface area contributed by atoms with E-state index in [4.69, 9.17) is 9.98 Å². The molecule has 28 heavy (non-hydrogen) atoms. The van der Waals surface area contributed by atoms with Crippen molar-refractivity contribution in [3.63, 3.8) is 0 Å². The Morgan fingerprint density at radius 3 is 2.61 bits per heavy atom. The van der Waals surface area contributed by atoms with E-state index in [1.54, 1.807) is 0 Å². The minimum Gasteiger partial charge on any atom is -0.259 e. The fourth-order valence-corrected chi connectivity index (χ4v) is 3.87. The topological polar surface area (TPSA) is 24.7 Å². The lowest BCUT2D eigenvalue weighted by Gasteiger charge is -2.29. The van der Waals surface area contributed by atoms with Gasteiger partial charge in [-0.2, -0.15) is 0 Å². The molecule has 0 fully saturated rings. The summed E-state index contributed by atoms with van der Waals surface area (Å²) in [5.41, 5.74) is 7.07. The van der Waals surface area contributed by atoms with Crippen LogP contribution >= 0.6 is 0 Å². The largest absolute Gasteiger partial charge is 0.259 e. The van der Waals surface area contributed by atoms with E-state index in [1.807, 2.05) is 13.1 Å². The van der Waals surface area contributed by atoms with Gasteiger partial charge in [-0.15, -0.1) is 0 Å². The summed E-state index contributed by atoms with van der Waals surface area (Å²) in [6.07, 6.45) is 17.2. The highest BCUT2D eigenvalue weighted by Crippen LogP contribution is 2.40. The number of rotatable bonds is 4. The van der Waals surface area contributed by atoms with Crippen LogP contribution in [0.15, 0.2) is 98.8 Å². The maximum atomic E-state index is 4.76. The van der Waals surface area contributed by atoms with Crippen molar-refractivity contribution in [1.82, 2.24) is 0 Å².